The van der Waals surface area contributed by atoms with Crippen molar-refractivity contribution in [1.29, 1.82) is 0 Å². The summed E-state index contributed by atoms with van der Waals surface area (Å²) in [4.78, 5) is 20.9. The first-order chi connectivity index (χ1) is 16.1. The molecule has 1 amide bonds. The normalized spacial score (nSPS) is 26.5. The molecule has 3 fully saturated rings. The van der Waals surface area contributed by atoms with Crippen LogP contribution in [0.15, 0.2) is 35.1 Å². The number of benzene rings is 1. The maximum atomic E-state index is 13.7. The predicted molar refractivity (Wildman–Crippen MR) is 126 cm³/mol. The van der Waals surface area contributed by atoms with Gasteiger partial charge in [-0.1, -0.05) is 23.4 Å². The first-order valence-electron chi connectivity index (χ1n) is 12.4. The van der Waals surface area contributed by atoms with Crippen LogP contribution in [-0.4, -0.2) is 89.8 Å². The van der Waals surface area contributed by atoms with Crippen molar-refractivity contribution in [2.24, 2.45) is 0 Å². The summed E-state index contributed by atoms with van der Waals surface area (Å²) < 4.78 is 11.2. The van der Waals surface area contributed by atoms with E-state index in [4.69, 9.17) is 9.26 Å². The van der Waals surface area contributed by atoms with E-state index in [0.29, 0.717) is 19.6 Å². The number of amides is 1. The summed E-state index contributed by atoms with van der Waals surface area (Å²) in [7, 11) is 0. The number of hydrogen-bond donors (Lipinski definition) is 0. The molecule has 0 radical (unpaired) electrons. The largest absolute Gasteiger partial charge is 0.378 e. The lowest BCUT2D eigenvalue weighted by atomic mass is 9.90. The van der Waals surface area contributed by atoms with Crippen LogP contribution in [0.1, 0.15) is 35.2 Å². The minimum absolute atomic E-state index is 0.168. The lowest BCUT2D eigenvalue weighted by molar-refractivity contribution is -0.152. The quantitative estimate of drug-likeness (QED) is 0.671. The van der Waals surface area contributed by atoms with Crippen molar-refractivity contribution in [3.63, 3.8) is 0 Å². The molecule has 0 saturated carbocycles. The van der Waals surface area contributed by atoms with Gasteiger partial charge in [0.25, 0.3) is 0 Å². The van der Waals surface area contributed by atoms with Crippen LogP contribution in [-0.2, 0) is 22.4 Å². The van der Waals surface area contributed by atoms with Crippen molar-refractivity contribution >= 4 is 5.91 Å². The number of piperazine rings is 1. The molecule has 4 heterocycles. The zero-order chi connectivity index (χ0) is 22.8. The molecule has 2 aromatic rings. The Morgan fingerprint density at radius 3 is 2.61 bits per heavy atom. The summed E-state index contributed by atoms with van der Waals surface area (Å²) >= 11 is 0. The van der Waals surface area contributed by atoms with E-state index in [0.717, 1.165) is 50.4 Å². The van der Waals surface area contributed by atoms with Crippen LogP contribution in [0.2, 0.25) is 0 Å². The van der Waals surface area contributed by atoms with Crippen molar-refractivity contribution in [2.45, 2.75) is 57.7 Å². The molecular formula is C26H36N4O3. The topological polar surface area (TPSA) is 62.1 Å². The van der Waals surface area contributed by atoms with E-state index in [1.54, 1.807) is 6.26 Å². The Hall–Kier alpha value is -2.22. The van der Waals surface area contributed by atoms with Gasteiger partial charge in [0.15, 0.2) is 0 Å². The van der Waals surface area contributed by atoms with Crippen LogP contribution in [0, 0.1) is 13.8 Å². The fourth-order valence-electron chi connectivity index (χ4n) is 5.83. The Kier molecular flexibility index (Phi) is 6.81. The molecule has 0 aliphatic carbocycles. The average molecular weight is 453 g/mol. The Morgan fingerprint density at radius 2 is 1.85 bits per heavy atom. The molecule has 0 N–H and O–H groups in total. The van der Waals surface area contributed by atoms with Crippen molar-refractivity contribution < 1.29 is 14.1 Å². The molecular weight excluding hydrogens is 416 g/mol. The molecule has 2 unspecified atom stereocenters. The number of hydrogen-bond acceptors (Lipinski definition) is 6. The minimum Gasteiger partial charge on any atom is -0.378 e. The zero-order valence-electron chi connectivity index (χ0n) is 19.9. The van der Waals surface area contributed by atoms with Crippen molar-refractivity contribution in [3.8, 4) is 0 Å². The number of nitrogens with zero attached hydrogens (tertiary/aromatic N) is 4. The van der Waals surface area contributed by atoms with E-state index in [1.165, 1.54) is 24.0 Å². The fourth-order valence-corrected chi connectivity index (χ4v) is 5.83. The lowest BCUT2D eigenvalue weighted by Gasteiger charge is -2.54. The predicted octanol–water partition coefficient (Wildman–Crippen LogP) is 2.45. The summed E-state index contributed by atoms with van der Waals surface area (Å²) in [6.45, 7) is 10.4. The van der Waals surface area contributed by atoms with Gasteiger partial charge >= 0.3 is 0 Å². The second kappa shape index (κ2) is 9.95. The second-order valence-corrected chi connectivity index (χ2v) is 9.87. The fraction of sp³-hybridized carbons (Fsp3) is 0.615. The zero-order valence-corrected chi connectivity index (χ0v) is 19.9. The van der Waals surface area contributed by atoms with Gasteiger partial charge in [-0.2, -0.15) is 0 Å². The molecule has 0 bridgehead atoms. The number of carbonyl (C=O) groups is 1. The Labute approximate surface area is 196 Å². The molecule has 0 spiro atoms. The number of aromatic nitrogens is 1. The summed E-state index contributed by atoms with van der Waals surface area (Å²) in [6.07, 6.45) is 5.43. The summed E-state index contributed by atoms with van der Waals surface area (Å²) in [5.74, 6) is 0.246. The van der Waals surface area contributed by atoms with Gasteiger partial charge in [0.05, 0.1) is 43.5 Å². The first-order valence-corrected chi connectivity index (χ1v) is 12.4. The second-order valence-electron chi connectivity index (χ2n) is 9.87. The lowest BCUT2D eigenvalue weighted by Crippen LogP contribution is -2.71. The molecule has 3 saturated heterocycles. The highest BCUT2D eigenvalue weighted by atomic mass is 16.5. The number of ether oxygens (including phenoxy) is 1. The third kappa shape index (κ3) is 4.86. The van der Waals surface area contributed by atoms with E-state index >= 15 is 0 Å². The number of rotatable bonds is 6. The molecule has 33 heavy (non-hydrogen) atoms. The molecule has 1 aromatic carbocycles. The van der Waals surface area contributed by atoms with Gasteiger partial charge in [-0.05, 0) is 56.5 Å². The smallest absolute Gasteiger partial charge is 0.227 e. The summed E-state index contributed by atoms with van der Waals surface area (Å²) in [5, 5.41) is 4.08. The van der Waals surface area contributed by atoms with Gasteiger partial charge in [0.1, 0.15) is 6.26 Å². The Morgan fingerprint density at radius 1 is 1.03 bits per heavy atom. The third-order valence-corrected chi connectivity index (χ3v) is 7.83. The average Bonchev–Trinajstić information content (AvgIpc) is 3.54. The third-order valence-electron chi connectivity index (χ3n) is 7.83. The van der Waals surface area contributed by atoms with E-state index in [9.17, 15) is 4.79 Å². The van der Waals surface area contributed by atoms with Gasteiger partial charge in [0.2, 0.25) is 5.91 Å². The maximum absolute atomic E-state index is 13.7. The SMILES string of the molecule is Cc1ccc(CC(=O)N2CCN(CCc3ccon3)C3COC[C@H](N4CCCC4)C32)cc1C. The number of aryl methyl sites for hydroxylation is 2. The Balaban J connectivity index is 1.36. The minimum atomic E-state index is 0.168. The van der Waals surface area contributed by atoms with E-state index in [2.05, 4.69) is 51.9 Å². The monoisotopic (exact) mass is 452 g/mol. The van der Waals surface area contributed by atoms with Gasteiger partial charge in [0, 0.05) is 32.1 Å². The first kappa shape index (κ1) is 22.6. The highest BCUT2D eigenvalue weighted by molar-refractivity contribution is 5.79. The van der Waals surface area contributed by atoms with E-state index < -0.39 is 0 Å². The molecule has 7 nitrogen and oxygen atoms in total. The van der Waals surface area contributed by atoms with Crippen LogP contribution in [0.25, 0.3) is 0 Å². The highest BCUT2D eigenvalue weighted by Crippen LogP contribution is 2.30. The molecule has 7 heteroatoms. The molecule has 3 aliphatic heterocycles. The van der Waals surface area contributed by atoms with Crippen LogP contribution < -0.4 is 0 Å². The summed E-state index contributed by atoms with van der Waals surface area (Å²) in [5.41, 5.74) is 4.60. The van der Waals surface area contributed by atoms with Crippen molar-refractivity contribution in [1.82, 2.24) is 19.9 Å². The molecule has 3 aliphatic rings. The van der Waals surface area contributed by atoms with Crippen LogP contribution >= 0.6 is 0 Å². The Bertz CT molecular complexity index is 941. The van der Waals surface area contributed by atoms with Crippen molar-refractivity contribution in [3.05, 3.63) is 52.9 Å². The maximum Gasteiger partial charge on any atom is 0.227 e. The van der Waals surface area contributed by atoms with Crippen LogP contribution in [0.5, 0.6) is 0 Å². The number of fused-ring (bicyclic) bond motifs is 1. The van der Waals surface area contributed by atoms with E-state index in [1.807, 2.05) is 6.07 Å². The molecule has 5 rings (SSSR count). The van der Waals surface area contributed by atoms with Crippen LogP contribution in [0.3, 0.4) is 0 Å². The van der Waals surface area contributed by atoms with Gasteiger partial charge in [-0.3, -0.25) is 14.6 Å². The van der Waals surface area contributed by atoms with E-state index in [-0.39, 0.29) is 24.0 Å². The molecule has 178 valence electrons. The summed E-state index contributed by atoms with van der Waals surface area (Å²) in [6, 6.07) is 8.99. The standard InChI is InChI=1S/C26H36N4O3/c1-19-5-6-21(15-20(19)2)16-25(31)30-13-12-29(11-7-22-8-14-33-27-22)24-18-32-17-23(26(24)30)28-9-3-4-10-28/h5-6,8,14-15,23-24,26H,3-4,7,9-13,16-18H2,1-2H3/t23-,24?,26?/m0/s1. The van der Waals surface area contributed by atoms with Gasteiger partial charge in [-0.25, -0.2) is 0 Å². The highest BCUT2D eigenvalue weighted by Gasteiger charge is 2.47. The van der Waals surface area contributed by atoms with Crippen LogP contribution in [0.4, 0.5) is 0 Å². The van der Waals surface area contributed by atoms with Gasteiger partial charge in [-0.15, -0.1) is 0 Å². The molecule has 1 aromatic heterocycles. The number of carbonyl (C=O) groups excluding carboxylic acids is 1. The number of likely N-dealkylation sites (tertiary alicyclic amines) is 1. The molecule has 3 atom stereocenters. The van der Waals surface area contributed by atoms with Crippen molar-refractivity contribution in [2.75, 3.05) is 45.9 Å². The van der Waals surface area contributed by atoms with Gasteiger partial charge < -0.3 is 14.2 Å².